The van der Waals surface area contributed by atoms with Crippen molar-refractivity contribution in [3.8, 4) is 29.0 Å². The van der Waals surface area contributed by atoms with Gasteiger partial charge in [-0.25, -0.2) is 23.1 Å². The zero-order valence-corrected chi connectivity index (χ0v) is 30.2. The van der Waals surface area contributed by atoms with Crippen LogP contribution in [0, 0.1) is 30.1 Å². The molecule has 0 unspecified atom stereocenters. The Labute approximate surface area is 310 Å². The fourth-order valence-electron chi connectivity index (χ4n) is 7.55. The van der Waals surface area contributed by atoms with E-state index in [1.54, 1.807) is 52.6 Å². The van der Waals surface area contributed by atoms with Gasteiger partial charge in [-0.1, -0.05) is 23.4 Å². The van der Waals surface area contributed by atoms with Crippen LogP contribution in [-0.4, -0.2) is 78.3 Å². The molecule has 8 rings (SSSR count). The number of pyridine rings is 2. The maximum absolute atomic E-state index is 14.4. The van der Waals surface area contributed by atoms with Crippen LogP contribution in [0.4, 0.5) is 14.6 Å². The van der Waals surface area contributed by atoms with Crippen molar-refractivity contribution >= 4 is 61.5 Å². The van der Waals surface area contributed by atoms with E-state index in [1.807, 2.05) is 18.9 Å². The van der Waals surface area contributed by atoms with Crippen LogP contribution >= 0.6 is 22.9 Å². The van der Waals surface area contributed by atoms with E-state index in [9.17, 15) is 28.7 Å². The minimum Gasteiger partial charge on any atom is -0.478 e. The number of halogens is 3. The smallest absolute Gasteiger partial charge is 0.338 e. The van der Waals surface area contributed by atoms with Crippen LogP contribution in [0.1, 0.15) is 52.9 Å². The van der Waals surface area contributed by atoms with Crippen molar-refractivity contribution in [2.75, 3.05) is 25.0 Å². The highest BCUT2D eigenvalue weighted by atomic mass is 35.5. The molecule has 11 nitrogen and oxygen atoms in total. The summed E-state index contributed by atoms with van der Waals surface area (Å²) >= 11 is 7.70. The van der Waals surface area contributed by atoms with Gasteiger partial charge in [0.05, 0.1) is 45.1 Å². The summed E-state index contributed by atoms with van der Waals surface area (Å²) in [6.45, 7) is 3.12. The number of aromatic carboxylic acids is 1. The summed E-state index contributed by atoms with van der Waals surface area (Å²) in [6, 6.07) is 11.0. The van der Waals surface area contributed by atoms with Gasteiger partial charge in [0.15, 0.2) is 0 Å². The predicted molar refractivity (Wildman–Crippen MR) is 199 cm³/mol. The number of carbonyl (C=O) groups is 1. The van der Waals surface area contributed by atoms with Gasteiger partial charge in [0.2, 0.25) is 0 Å². The lowest BCUT2D eigenvalue weighted by Gasteiger charge is -2.46. The molecule has 1 saturated carbocycles. The summed E-state index contributed by atoms with van der Waals surface area (Å²) in [5.74, 6) is 3.07. The Morgan fingerprint density at radius 3 is 2.66 bits per heavy atom. The van der Waals surface area contributed by atoms with Crippen LogP contribution in [0.2, 0.25) is 5.02 Å². The number of piperidine rings is 1. The number of aromatic nitrogens is 5. The summed E-state index contributed by atoms with van der Waals surface area (Å²) in [4.78, 5) is 39.2. The first-order valence-corrected chi connectivity index (χ1v) is 18.2. The predicted octanol–water partition coefficient (Wildman–Crippen LogP) is 6.60. The van der Waals surface area contributed by atoms with Crippen LogP contribution in [-0.2, 0) is 6.54 Å². The molecule has 2 aliphatic rings. The fraction of sp³-hybridized carbons (Fsp3) is 0.316. The van der Waals surface area contributed by atoms with E-state index in [2.05, 4.69) is 37.9 Å². The number of rotatable bonds is 6. The second-order valence-electron chi connectivity index (χ2n) is 13.6. The number of nitrogens with zero attached hydrogens (tertiary/aromatic N) is 8. The van der Waals surface area contributed by atoms with Crippen molar-refractivity contribution in [2.45, 2.75) is 57.2 Å². The molecular weight excluding hydrogens is 722 g/mol. The summed E-state index contributed by atoms with van der Waals surface area (Å²) < 4.78 is 30.8. The molecule has 0 bridgehead atoms. The lowest BCUT2D eigenvalue weighted by atomic mass is 9.85. The van der Waals surface area contributed by atoms with Gasteiger partial charge in [-0.05, 0) is 44.0 Å². The average Bonchev–Trinajstić information content (AvgIpc) is 3.75. The van der Waals surface area contributed by atoms with E-state index in [4.69, 9.17) is 11.6 Å². The Morgan fingerprint density at radius 2 is 1.94 bits per heavy atom. The maximum atomic E-state index is 14.4. The Kier molecular flexibility index (Phi) is 8.65. The fourth-order valence-corrected chi connectivity index (χ4v) is 8.75. The van der Waals surface area contributed by atoms with E-state index < -0.39 is 17.5 Å². The first-order chi connectivity index (χ1) is 25.4. The van der Waals surface area contributed by atoms with Crippen molar-refractivity contribution in [3.63, 3.8) is 0 Å². The number of carboxylic acids is 1. The van der Waals surface area contributed by atoms with Crippen LogP contribution in [0.3, 0.4) is 0 Å². The Bertz CT molecular complexity index is 2640. The second kappa shape index (κ2) is 13.2. The number of aryl methyl sites for hydroxylation is 1. The third kappa shape index (κ3) is 6.06. The second-order valence-corrected chi connectivity index (χ2v) is 14.9. The largest absolute Gasteiger partial charge is 0.478 e. The van der Waals surface area contributed by atoms with Gasteiger partial charge in [0.25, 0.3) is 11.5 Å². The molecule has 6 heterocycles. The number of fused-ring (bicyclic) bond motifs is 4. The van der Waals surface area contributed by atoms with E-state index in [0.717, 1.165) is 5.56 Å². The summed E-state index contributed by atoms with van der Waals surface area (Å²) in [6.07, 6.45) is 4.35. The highest BCUT2D eigenvalue weighted by Crippen LogP contribution is 2.42. The Morgan fingerprint density at radius 1 is 1.17 bits per heavy atom. The molecule has 1 aliphatic carbocycles. The molecule has 0 spiro atoms. The first-order valence-electron chi connectivity index (χ1n) is 17.0. The molecule has 15 heteroatoms. The lowest BCUT2D eigenvalue weighted by Crippen LogP contribution is -2.55. The quantitative estimate of drug-likeness (QED) is 0.187. The van der Waals surface area contributed by atoms with E-state index >= 15 is 0 Å². The summed E-state index contributed by atoms with van der Waals surface area (Å²) in [5.41, 5.74) is 3.79. The van der Waals surface area contributed by atoms with Crippen molar-refractivity contribution in [1.82, 2.24) is 29.0 Å². The minimum absolute atomic E-state index is 0.00718. The van der Waals surface area contributed by atoms with Crippen LogP contribution in [0.5, 0.6) is 0 Å². The molecule has 5 aromatic heterocycles. The van der Waals surface area contributed by atoms with E-state index in [-0.39, 0.29) is 48.0 Å². The standard InChI is InChI=1S/C38H31ClF2N8O3S/c1-21-14-31-48(11-3-4-22-5-6-23(39)15-27(22)26-7-10-43-33-29(37(51)52)20-53-34(26)33)36(50)32-28(18-42)35(44-19-30(32)49(31)45-21)46(2)24-8-12-47(13-9-24)25-16-38(40,41)17-25/h5-7,10,14-15,19-20,24-25H,8-9,11-13,16-17H2,1-2H3,(H,51,52). The number of benzene rings is 1. The molecule has 1 saturated heterocycles. The van der Waals surface area contributed by atoms with Gasteiger partial charge in [0.1, 0.15) is 23.1 Å². The van der Waals surface area contributed by atoms with Gasteiger partial charge < -0.3 is 10.0 Å². The number of anilines is 1. The van der Waals surface area contributed by atoms with Crippen molar-refractivity contribution in [3.05, 3.63) is 85.9 Å². The molecule has 0 atom stereocenters. The van der Waals surface area contributed by atoms with E-state index in [0.29, 0.717) is 75.0 Å². The van der Waals surface area contributed by atoms with Gasteiger partial charge in [-0.3, -0.25) is 19.2 Å². The molecule has 53 heavy (non-hydrogen) atoms. The Balaban J connectivity index is 1.15. The lowest BCUT2D eigenvalue weighted by molar-refractivity contribution is -0.127. The molecular formula is C38H31ClF2N8O3S. The van der Waals surface area contributed by atoms with Crippen LogP contribution in [0.15, 0.2) is 52.9 Å². The first kappa shape index (κ1) is 34.7. The summed E-state index contributed by atoms with van der Waals surface area (Å²) in [7, 11) is 1.85. The molecule has 268 valence electrons. The monoisotopic (exact) mass is 752 g/mol. The minimum atomic E-state index is -2.57. The zero-order chi connectivity index (χ0) is 37.2. The number of hydrogen-bond acceptors (Lipinski definition) is 9. The highest BCUT2D eigenvalue weighted by molar-refractivity contribution is 7.18. The molecule has 2 fully saturated rings. The molecule has 0 radical (unpaired) electrons. The average molecular weight is 753 g/mol. The number of alkyl halides is 2. The zero-order valence-electron chi connectivity index (χ0n) is 28.6. The highest BCUT2D eigenvalue weighted by Gasteiger charge is 2.48. The SMILES string of the molecule is Cc1cc2n(CC#Cc3ccc(Cl)cc3-c3ccnc4c(C(=O)O)csc34)c(=O)c3c(C#N)c(N(C)C4CCN(C5CC(F)(F)C5)CC4)ncc3n2n1. The third-order valence-corrected chi connectivity index (χ3v) is 11.5. The van der Waals surface area contributed by atoms with Crippen molar-refractivity contribution < 1.29 is 18.7 Å². The normalized spacial score (nSPS) is 16.4. The Hall–Kier alpha value is -5.41. The van der Waals surface area contributed by atoms with Gasteiger partial charge in [-0.2, -0.15) is 10.4 Å². The molecule has 1 aromatic carbocycles. The molecule has 0 amide bonds. The van der Waals surface area contributed by atoms with Crippen LogP contribution < -0.4 is 10.5 Å². The molecule has 1 N–H and O–H groups in total. The van der Waals surface area contributed by atoms with Gasteiger partial charge in [-0.15, -0.1) is 11.3 Å². The molecule has 1 aliphatic heterocycles. The summed E-state index contributed by atoms with van der Waals surface area (Å²) in [5, 5.41) is 27.0. The van der Waals surface area contributed by atoms with Gasteiger partial charge >= 0.3 is 5.97 Å². The topological polar surface area (TPSA) is 133 Å². The van der Waals surface area contributed by atoms with Crippen molar-refractivity contribution in [1.29, 1.82) is 5.26 Å². The number of carboxylic acid groups (broad SMARTS) is 1. The van der Waals surface area contributed by atoms with Crippen molar-refractivity contribution in [2.24, 2.45) is 0 Å². The third-order valence-electron chi connectivity index (χ3n) is 10.3. The maximum Gasteiger partial charge on any atom is 0.338 e. The number of nitriles is 1. The van der Waals surface area contributed by atoms with E-state index in [1.165, 1.54) is 15.9 Å². The van der Waals surface area contributed by atoms with Crippen LogP contribution in [0.25, 0.3) is 37.9 Å². The number of thiophene rings is 1. The molecule has 6 aromatic rings. The van der Waals surface area contributed by atoms with Gasteiger partial charge in [0, 0.05) is 84.4 Å². The number of hydrogen-bond donors (Lipinski definition) is 1. The number of likely N-dealkylation sites (tertiary alicyclic amines) is 1.